The largest absolute Gasteiger partial charge is 0.497 e. The van der Waals surface area contributed by atoms with E-state index >= 15 is 0 Å². The molecule has 0 heterocycles. The van der Waals surface area contributed by atoms with E-state index in [1.807, 2.05) is 0 Å². The van der Waals surface area contributed by atoms with E-state index in [2.05, 4.69) is 15.9 Å². The van der Waals surface area contributed by atoms with Gasteiger partial charge in [-0.3, -0.25) is 0 Å². The van der Waals surface area contributed by atoms with Gasteiger partial charge in [0.05, 0.1) is 7.11 Å². The van der Waals surface area contributed by atoms with Crippen molar-refractivity contribution < 1.29 is 23.0 Å². The fraction of sp³-hybridized carbons (Fsp3) is 0.200. The third-order valence-electron chi connectivity index (χ3n) is 3.14. The Kier molecular flexibility index (Phi) is 4.30. The molecule has 0 fully saturated rings. The van der Waals surface area contributed by atoms with Crippen LogP contribution in [0.15, 0.2) is 53.0 Å². The number of hydrogen-bond acceptors (Lipinski definition) is 2. The van der Waals surface area contributed by atoms with Crippen molar-refractivity contribution in [2.75, 3.05) is 7.11 Å². The van der Waals surface area contributed by atoms with Crippen LogP contribution in [0.5, 0.6) is 5.75 Å². The zero-order chi connectivity index (χ0) is 15.7. The van der Waals surface area contributed by atoms with Gasteiger partial charge in [-0.25, -0.2) is 0 Å². The summed E-state index contributed by atoms with van der Waals surface area (Å²) in [6.07, 6.45) is -4.87. The molecular weight excluding hydrogens is 349 g/mol. The number of hydrogen-bond donors (Lipinski definition) is 1. The standard InChI is InChI=1S/C15H12BrF3O2/c1-21-13-7-3-5-11(9-13)14(20,15(17,18)19)10-4-2-6-12(16)8-10/h2-9,20H,1H3. The quantitative estimate of drug-likeness (QED) is 0.886. The molecule has 0 aliphatic carbocycles. The molecule has 0 spiro atoms. The first-order valence-corrected chi connectivity index (χ1v) is 6.78. The van der Waals surface area contributed by atoms with Crippen molar-refractivity contribution in [2.24, 2.45) is 0 Å². The maximum Gasteiger partial charge on any atom is 0.425 e. The number of halogens is 4. The number of ether oxygens (including phenoxy) is 1. The van der Waals surface area contributed by atoms with Gasteiger partial charge in [-0.1, -0.05) is 40.2 Å². The SMILES string of the molecule is COc1cccc(C(O)(c2cccc(Br)c2)C(F)(F)F)c1. The summed E-state index contributed by atoms with van der Waals surface area (Å²) in [4.78, 5) is 0. The second-order valence-corrected chi connectivity index (χ2v) is 5.37. The molecular formula is C15H12BrF3O2. The van der Waals surface area contributed by atoms with E-state index in [-0.39, 0.29) is 16.9 Å². The Bertz CT molecular complexity index is 643. The molecule has 1 N–H and O–H groups in total. The van der Waals surface area contributed by atoms with Gasteiger partial charge in [0.15, 0.2) is 0 Å². The second kappa shape index (κ2) is 5.69. The first-order chi connectivity index (χ1) is 9.79. The van der Waals surface area contributed by atoms with Crippen LogP contribution < -0.4 is 4.74 Å². The van der Waals surface area contributed by atoms with E-state index in [9.17, 15) is 18.3 Å². The van der Waals surface area contributed by atoms with Crippen LogP contribution in [0.4, 0.5) is 13.2 Å². The summed E-state index contributed by atoms with van der Waals surface area (Å²) in [5.41, 5.74) is -3.67. The van der Waals surface area contributed by atoms with Crippen LogP contribution in [-0.2, 0) is 5.60 Å². The Hall–Kier alpha value is -1.53. The van der Waals surface area contributed by atoms with E-state index < -0.39 is 11.8 Å². The highest BCUT2D eigenvalue weighted by atomic mass is 79.9. The molecule has 0 amide bonds. The summed E-state index contributed by atoms with van der Waals surface area (Å²) >= 11 is 3.12. The smallest absolute Gasteiger partial charge is 0.425 e. The molecule has 112 valence electrons. The van der Waals surface area contributed by atoms with Crippen molar-refractivity contribution in [2.45, 2.75) is 11.8 Å². The van der Waals surface area contributed by atoms with Crippen LogP contribution in [0.25, 0.3) is 0 Å². The summed E-state index contributed by atoms with van der Waals surface area (Å²) in [6.45, 7) is 0. The predicted molar refractivity (Wildman–Crippen MR) is 76.2 cm³/mol. The molecule has 21 heavy (non-hydrogen) atoms. The monoisotopic (exact) mass is 360 g/mol. The molecule has 2 aromatic rings. The van der Waals surface area contributed by atoms with Crippen molar-refractivity contribution in [3.05, 3.63) is 64.1 Å². The minimum Gasteiger partial charge on any atom is -0.497 e. The van der Waals surface area contributed by atoms with Crippen LogP contribution in [0.3, 0.4) is 0 Å². The predicted octanol–water partition coefficient (Wildman–Crippen LogP) is 4.26. The molecule has 0 radical (unpaired) electrons. The van der Waals surface area contributed by atoms with Crippen molar-refractivity contribution in [1.82, 2.24) is 0 Å². The summed E-state index contributed by atoms with van der Waals surface area (Å²) in [6, 6.07) is 10.8. The number of alkyl halides is 3. The third-order valence-corrected chi connectivity index (χ3v) is 3.63. The van der Waals surface area contributed by atoms with Crippen LogP contribution >= 0.6 is 15.9 Å². The van der Waals surface area contributed by atoms with Gasteiger partial charge in [0, 0.05) is 10.0 Å². The summed E-state index contributed by atoms with van der Waals surface area (Å²) in [5, 5.41) is 10.4. The molecule has 0 aliphatic rings. The van der Waals surface area contributed by atoms with Gasteiger partial charge in [0.2, 0.25) is 5.60 Å². The van der Waals surface area contributed by atoms with E-state index in [0.717, 1.165) is 0 Å². The summed E-state index contributed by atoms with van der Waals surface area (Å²) in [7, 11) is 1.35. The first-order valence-electron chi connectivity index (χ1n) is 5.98. The van der Waals surface area contributed by atoms with Crippen LogP contribution in [-0.4, -0.2) is 18.4 Å². The first kappa shape index (κ1) is 15.9. The normalized spacial score (nSPS) is 14.6. The lowest BCUT2D eigenvalue weighted by Gasteiger charge is -2.31. The highest BCUT2D eigenvalue weighted by Crippen LogP contribution is 2.45. The second-order valence-electron chi connectivity index (χ2n) is 4.45. The lowest BCUT2D eigenvalue weighted by molar-refractivity contribution is -0.248. The zero-order valence-electron chi connectivity index (χ0n) is 11.0. The lowest BCUT2D eigenvalue weighted by Crippen LogP contribution is -2.43. The van der Waals surface area contributed by atoms with Crippen LogP contribution in [0.2, 0.25) is 0 Å². The molecule has 2 nitrogen and oxygen atoms in total. The van der Waals surface area contributed by atoms with Crippen LogP contribution in [0, 0.1) is 0 Å². The average molecular weight is 361 g/mol. The fourth-order valence-electron chi connectivity index (χ4n) is 2.06. The molecule has 1 atom stereocenters. The Morgan fingerprint density at radius 3 is 2.10 bits per heavy atom. The molecule has 0 saturated carbocycles. The van der Waals surface area contributed by atoms with Crippen LogP contribution in [0.1, 0.15) is 11.1 Å². The molecule has 2 rings (SSSR count). The summed E-state index contributed by atoms with van der Waals surface area (Å²) < 4.78 is 46.0. The Balaban J connectivity index is 2.68. The van der Waals surface area contributed by atoms with Crippen molar-refractivity contribution in [1.29, 1.82) is 0 Å². The van der Waals surface area contributed by atoms with Gasteiger partial charge in [0.1, 0.15) is 5.75 Å². The van der Waals surface area contributed by atoms with E-state index in [1.165, 1.54) is 49.6 Å². The average Bonchev–Trinajstić information content (AvgIpc) is 2.45. The molecule has 6 heteroatoms. The zero-order valence-corrected chi connectivity index (χ0v) is 12.6. The van der Waals surface area contributed by atoms with E-state index in [1.54, 1.807) is 6.07 Å². The molecule has 0 bridgehead atoms. The number of methoxy groups -OCH3 is 1. The van der Waals surface area contributed by atoms with Crippen molar-refractivity contribution in [3.63, 3.8) is 0 Å². The third kappa shape index (κ3) is 2.91. The summed E-state index contributed by atoms with van der Waals surface area (Å²) in [5.74, 6) is 0.241. The maximum absolute atomic E-state index is 13.5. The Morgan fingerprint density at radius 2 is 1.57 bits per heavy atom. The molecule has 0 saturated heterocycles. The number of rotatable bonds is 3. The Morgan fingerprint density at radius 1 is 1.00 bits per heavy atom. The topological polar surface area (TPSA) is 29.5 Å². The van der Waals surface area contributed by atoms with Crippen molar-refractivity contribution in [3.8, 4) is 5.75 Å². The minimum atomic E-state index is -4.87. The van der Waals surface area contributed by atoms with Gasteiger partial charge < -0.3 is 9.84 Å². The van der Waals surface area contributed by atoms with E-state index in [0.29, 0.717) is 4.47 Å². The highest BCUT2D eigenvalue weighted by molar-refractivity contribution is 9.10. The Labute approximate surface area is 128 Å². The fourth-order valence-corrected chi connectivity index (χ4v) is 2.45. The maximum atomic E-state index is 13.5. The molecule has 2 aromatic carbocycles. The molecule has 0 aromatic heterocycles. The molecule has 1 unspecified atom stereocenters. The van der Waals surface area contributed by atoms with Gasteiger partial charge in [-0.15, -0.1) is 0 Å². The van der Waals surface area contributed by atoms with E-state index in [4.69, 9.17) is 4.74 Å². The highest BCUT2D eigenvalue weighted by Gasteiger charge is 2.56. The van der Waals surface area contributed by atoms with Gasteiger partial charge >= 0.3 is 6.18 Å². The molecule has 0 aliphatic heterocycles. The van der Waals surface area contributed by atoms with Crippen molar-refractivity contribution >= 4 is 15.9 Å². The lowest BCUT2D eigenvalue weighted by atomic mass is 9.85. The number of aliphatic hydroxyl groups is 1. The van der Waals surface area contributed by atoms with Gasteiger partial charge in [0.25, 0.3) is 0 Å². The minimum absolute atomic E-state index is 0.241. The number of benzene rings is 2. The van der Waals surface area contributed by atoms with Gasteiger partial charge in [-0.05, 0) is 29.8 Å². The van der Waals surface area contributed by atoms with Gasteiger partial charge in [-0.2, -0.15) is 13.2 Å².